The summed E-state index contributed by atoms with van der Waals surface area (Å²) in [5, 5.41) is 6.59. The highest BCUT2D eigenvalue weighted by molar-refractivity contribution is 7.88. The van der Waals surface area contributed by atoms with Crippen LogP contribution in [0.25, 0.3) is 0 Å². The van der Waals surface area contributed by atoms with Crippen molar-refractivity contribution in [2.45, 2.75) is 32.4 Å². The number of rotatable bonds is 4. The molecular formula is C11H19N3O2S2. The fourth-order valence-electron chi connectivity index (χ4n) is 2.13. The highest BCUT2D eigenvalue weighted by Gasteiger charge is 2.24. The van der Waals surface area contributed by atoms with Gasteiger partial charge in [-0.1, -0.05) is 0 Å². The van der Waals surface area contributed by atoms with Gasteiger partial charge in [-0.2, -0.15) is 0 Å². The molecule has 1 fully saturated rings. The van der Waals surface area contributed by atoms with Crippen molar-refractivity contribution in [2.75, 3.05) is 19.3 Å². The maximum absolute atomic E-state index is 11.4. The van der Waals surface area contributed by atoms with Gasteiger partial charge < -0.3 is 5.32 Å². The normalized spacial score (nSPS) is 19.2. The molecule has 0 radical (unpaired) electrons. The molecule has 1 aromatic heterocycles. The van der Waals surface area contributed by atoms with E-state index in [0.717, 1.165) is 30.1 Å². The number of nitrogens with one attached hydrogen (secondary N) is 1. The largest absolute Gasteiger partial charge is 0.308 e. The fraction of sp³-hybridized carbons (Fsp3) is 0.727. The Morgan fingerprint density at radius 2 is 2.17 bits per heavy atom. The van der Waals surface area contributed by atoms with Gasteiger partial charge in [-0.15, -0.1) is 11.3 Å². The first-order valence-corrected chi connectivity index (χ1v) is 8.77. The summed E-state index contributed by atoms with van der Waals surface area (Å²) in [6.45, 7) is 4.01. The maximum Gasteiger partial charge on any atom is 0.211 e. The zero-order valence-electron chi connectivity index (χ0n) is 10.7. The van der Waals surface area contributed by atoms with Gasteiger partial charge in [0.05, 0.1) is 17.0 Å². The van der Waals surface area contributed by atoms with Crippen molar-refractivity contribution >= 4 is 21.4 Å². The van der Waals surface area contributed by atoms with Crippen LogP contribution in [0.2, 0.25) is 0 Å². The van der Waals surface area contributed by atoms with E-state index in [1.807, 2.05) is 6.92 Å². The molecule has 1 aliphatic rings. The molecule has 2 heterocycles. The zero-order chi connectivity index (χ0) is 13.2. The van der Waals surface area contributed by atoms with Gasteiger partial charge in [-0.3, -0.25) is 0 Å². The molecule has 1 N–H and O–H groups in total. The monoisotopic (exact) mass is 289 g/mol. The lowest BCUT2D eigenvalue weighted by Crippen LogP contribution is -2.44. The molecule has 0 unspecified atom stereocenters. The third-order valence-corrected chi connectivity index (χ3v) is 5.29. The van der Waals surface area contributed by atoms with Crippen molar-refractivity contribution in [2.24, 2.45) is 0 Å². The fourth-order valence-corrected chi connectivity index (χ4v) is 3.62. The summed E-state index contributed by atoms with van der Waals surface area (Å²) in [6.07, 6.45) is 3.02. The Hall–Kier alpha value is -0.500. The van der Waals surface area contributed by atoms with E-state index in [0.29, 0.717) is 19.1 Å². The van der Waals surface area contributed by atoms with Gasteiger partial charge in [0, 0.05) is 31.1 Å². The molecule has 0 aliphatic carbocycles. The van der Waals surface area contributed by atoms with Gasteiger partial charge in [0.25, 0.3) is 0 Å². The summed E-state index contributed by atoms with van der Waals surface area (Å²) >= 11 is 1.66. The van der Waals surface area contributed by atoms with Gasteiger partial charge in [0.1, 0.15) is 0 Å². The van der Waals surface area contributed by atoms with Gasteiger partial charge in [-0.25, -0.2) is 17.7 Å². The minimum absolute atomic E-state index is 0.394. The molecule has 0 atom stereocenters. The first-order chi connectivity index (χ1) is 8.45. The number of sulfonamides is 1. The number of nitrogens with zero attached hydrogens (tertiary/aromatic N) is 2. The quantitative estimate of drug-likeness (QED) is 0.897. The lowest BCUT2D eigenvalue weighted by molar-refractivity contribution is 0.289. The highest BCUT2D eigenvalue weighted by atomic mass is 32.2. The van der Waals surface area contributed by atoms with E-state index in [9.17, 15) is 8.42 Å². The van der Waals surface area contributed by atoms with E-state index >= 15 is 0 Å². The molecule has 0 amide bonds. The Morgan fingerprint density at radius 1 is 1.50 bits per heavy atom. The van der Waals surface area contributed by atoms with Crippen LogP contribution in [0.1, 0.15) is 23.5 Å². The van der Waals surface area contributed by atoms with E-state index < -0.39 is 10.0 Å². The molecule has 0 aromatic carbocycles. The van der Waals surface area contributed by atoms with Gasteiger partial charge in [0.2, 0.25) is 10.0 Å². The molecule has 102 valence electrons. The van der Waals surface area contributed by atoms with Crippen LogP contribution in [0.5, 0.6) is 0 Å². The zero-order valence-corrected chi connectivity index (χ0v) is 12.4. The lowest BCUT2D eigenvalue weighted by atomic mass is 10.1. The number of hydrogen-bond donors (Lipinski definition) is 1. The maximum atomic E-state index is 11.4. The molecule has 5 nitrogen and oxygen atoms in total. The van der Waals surface area contributed by atoms with Crippen molar-refractivity contribution < 1.29 is 8.42 Å². The second kappa shape index (κ2) is 5.64. The van der Waals surface area contributed by atoms with Gasteiger partial charge in [0.15, 0.2) is 0 Å². The van der Waals surface area contributed by atoms with Crippen LogP contribution >= 0.6 is 11.3 Å². The average Bonchev–Trinajstić information content (AvgIpc) is 2.72. The second-order valence-electron chi connectivity index (χ2n) is 4.68. The molecular weight excluding hydrogens is 270 g/mol. The van der Waals surface area contributed by atoms with E-state index in [2.05, 4.69) is 15.7 Å². The summed E-state index contributed by atoms with van der Waals surface area (Å²) in [5.74, 6) is 0. The number of thiazole rings is 1. The van der Waals surface area contributed by atoms with Crippen LogP contribution in [0, 0.1) is 6.92 Å². The van der Waals surface area contributed by atoms with E-state index in [1.165, 1.54) is 6.26 Å². The topological polar surface area (TPSA) is 62.3 Å². The molecule has 0 bridgehead atoms. The third-order valence-electron chi connectivity index (χ3n) is 3.16. The third kappa shape index (κ3) is 3.74. The standard InChI is InChI=1S/C11H19N3O2S2/c1-9-13-11(8-17-9)7-12-10-3-5-14(6-4-10)18(2,15)16/h8,10,12H,3-7H2,1-2H3. The highest BCUT2D eigenvalue weighted by Crippen LogP contribution is 2.14. The first-order valence-electron chi connectivity index (χ1n) is 6.04. The minimum atomic E-state index is -3.02. The van der Waals surface area contributed by atoms with Crippen molar-refractivity contribution in [1.82, 2.24) is 14.6 Å². The molecule has 1 aromatic rings. The van der Waals surface area contributed by atoms with Crippen LogP contribution in [-0.2, 0) is 16.6 Å². The number of aryl methyl sites for hydroxylation is 1. The Morgan fingerprint density at radius 3 is 2.67 bits per heavy atom. The number of aromatic nitrogens is 1. The van der Waals surface area contributed by atoms with Gasteiger partial charge in [-0.05, 0) is 19.8 Å². The number of hydrogen-bond acceptors (Lipinski definition) is 5. The molecule has 1 aliphatic heterocycles. The van der Waals surface area contributed by atoms with Crippen LogP contribution in [0.3, 0.4) is 0 Å². The molecule has 2 rings (SSSR count). The Labute approximate surface area is 112 Å². The van der Waals surface area contributed by atoms with E-state index in [-0.39, 0.29) is 0 Å². The first kappa shape index (κ1) is 13.9. The second-order valence-corrected chi connectivity index (χ2v) is 7.72. The summed E-state index contributed by atoms with van der Waals surface area (Å²) in [4.78, 5) is 4.40. The summed E-state index contributed by atoms with van der Waals surface area (Å²) in [5.41, 5.74) is 1.07. The average molecular weight is 289 g/mol. The van der Waals surface area contributed by atoms with E-state index in [1.54, 1.807) is 15.6 Å². The van der Waals surface area contributed by atoms with Crippen LogP contribution < -0.4 is 5.32 Å². The Balaban J connectivity index is 1.77. The van der Waals surface area contributed by atoms with Crippen molar-refractivity contribution in [1.29, 1.82) is 0 Å². The van der Waals surface area contributed by atoms with Crippen LogP contribution in [0.15, 0.2) is 5.38 Å². The molecule has 0 saturated carbocycles. The Kier molecular flexibility index (Phi) is 4.37. The van der Waals surface area contributed by atoms with Gasteiger partial charge >= 0.3 is 0 Å². The molecule has 0 spiro atoms. The number of piperidine rings is 1. The molecule has 7 heteroatoms. The summed E-state index contributed by atoms with van der Waals surface area (Å²) < 4.78 is 24.3. The van der Waals surface area contributed by atoms with Crippen molar-refractivity contribution in [3.05, 3.63) is 16.1 Å². The predicted molar refractivity (Wildman–Crippen MR) is 73.1 cm³/mol. The van der Waals surface area contributed by atoms with Crippen LogP contribution in [0.4, 0.5) is 0 Å². The smallest absolute Gasteiger partial charge is 0.211 e. The Bertz CT molecular complexity index is 490. The minimum Gasteiger partial charge on any atom is -0.308 e. The van der Waals surface area contributed by atoms with Crippen LogP contribution in [-0.4, -0.2) is 43.1 Å². The summed E-state index contributed by atoms with van der Waals surface area (Å²) in [6, 6.07) is 0.394. The predicted octanol–water partition coefficient (Wildman–Crippen LogP) is 0.965. The van der Waals surface area contributed by atoms with E-state index in [4.69, 9.17) is 0 Å². The summed E-state index contributed by atoms with van der Waals surface area (Å²) in [7, 11) is -3.02. The lowest BCUT2D eigenvalue weighted by Gasteiger charge is -2.30. The molecule has 18 heavy (non-hydrogen) atoms. The van der Waals surface area contributed by atoms with Crippen molar-refractivity contribution in [3.63, 3.8) is 0 Å². The van der Waals surface area contributed by atoms with Crippen molar-refractivity contribution in [3.8, 4) is 0 Å². The molecule has 1 saturated heterocycles. The SMILES string of the molecule is Cc1nc(CNC2CCN(S(C)(=O)=O)CC2)cs1.